The van der Waals surface area contributed by atoms with E-state index in [-0.39, 0.29) is 59.5 Å². The van der Waals surface area contributed by atoms with Crippen molar-refractivity contribution in [1.82, 2.24) is 0 Å². The molecule has 0 amide bonds. The fourth-order valence-corrected chi connectivity index (χ4v) is 2.40. The van der Waals surface area contributed by atoms with E-state index < -0.39 is 40.7 Å². The molecule has 0 aliphatic rings. The van der Waals surface area contributed by atoms with E-state index in [1.165, 1.54) is 0 Å². The van der Waals surface area contributed by atoms with Crippen molar-refractivity contribution in [2.45, 2.75) is 92.5 Å². The molecule has 248 valence electrons. The van der Waals surface area contributed by atoms with Crippen molar-refractivity contribution in [3.8, 4) is 0 Å². The molecule has 0 aliphatic carbocycles. The maximum absolute atomic E-state index is 11.6. The zero-order valence-electron chi connectivity index (χ0n) is 26.7. The zero-order chi connectivity index (χ0) is 32.3. The van der Waals surface area contributed by atoms with Gasteiger partial charge in [0.15, 0.2) is 0 Å². The Morgan fingerprint density at radius 1 is 0.452 bits per heavy atom. The van der Waals surface area contributed by atoms with Gasteiger partial charge in [0.25, 0.3) is 0 Å². The molecule has 0 saturated carbocycles. The Labute approximate surface area is 248 Å². The third kappa shape index (κ3) is 24.2. The highest BCUT2D eigenvalue weighted by Gasteiger charge is 2.30. The SMILES string of the molecule is CCC(COCCOC(=O)OOC(C)(C)C)(COCCOC(=O)OOC(C)(C)C)COCCOC(=O)OOC(C)(C)C. The van der Waals surface area contributed by atoms with Crippen LogP contribution in [-0.4, -0.2) is 94.7 Å². The summed E-state index contributed by atoms with van der Waals surface area (Å²) in [4.78, 5) is 63.2. The molecular weight excluding hydrogens is 564 g/mol. The van der Waals surface area contributed by atoms with Gasteiger partial charge in [0.05, 0.1) is 39.6 Å². The van der Waals surface area contributed by atoms with E-state index in [1.54, 1.807) is 62.3 Å². The van der Waals surface area contributed by atoms with Gasteiger partial charge in [0.1, 0.15) is 36.6 Å². The monoisotopic (exact) mass is 614 g/mol. The van der Waals surface area contributed by atoms with Crippen molar-refractivity contribution in [2.75, 3.05) is 59.5 Å². The molecule has 15 heteroatoms. The van der Waals surface area contributed by atoms with Gasteiger partial charge in [-0.15, -0.1) is 0 Å². The molecule has 0 fully saturated rings. The lowest BCUT2D eigenvalue weighted by Crippen LogP contribution is -2.38. The molecule has 0 bridgehead atoms. The van der Waals surface area contributed by atoms with Gasteiger partial charge in [-0.2, -0.15) is 14.7 Å². The van der Waals surface area contributed by atoms with Crippen LogP contribution in [-0.2, 0) is 57.7 Å². The minimum absolute atomic E-state index is 0.0673. The van der Waals surface area contributed by atoms with Crippen LogP contribution in [0.25, 0.3) is 0 Å². The third-order valence-electron chi connectivity index (χ3n) is 4.40. The summed E-state index contributed by atoms with van der Waals surface area (Å²) in [5.41, 5.74) is -2.66. The van der Waals surface area contributed by atoms with E-state index in [2.05, 4.69) is 14.7 Å². The molecule has 0 aromatic carbocycles. The quantitative estimate of drug-likeness (QED) is 0.0621. The van der Waals surface area contributed by atoms with Gasteiger partial charge in [0, 0.05) is 5.41 Å². The molecule has 0 saturated heterocycles. The van der Waals surface area contributed by atoms with Crippen LogP contribution >= 0.6 is 0 Å². The summed E-state index contributed by atoms with van der Waals surface area (Å²) in [5, 5.41) is 0. The first kappa shape index (κ1) is 39.6. The predicted molar refractivity (Wildman–Crippen MR) is 145 cm³/mol. The number of hydrogen-bond acceptors (Lipinski definition) is 15. The van der Waals surface area contributed by atoms with E-state index in [4.69, 9.17) is 43.1 Å². The van der Waals surface area contributed by atoms with E-state index in [0.717, 1.165) is 0 Å². The number of hydrogen-bond donors (Lipinski definition) is 0. The largest absolute Gasteiger partial charge is 0.540 e. The van der Waals surface area contributed by atoms with Crippen LogP contribution in [0.4, 0.5) is 14.4 Å². The lowest BCUT2D eigenvalue weighted by molar-refractivity contribution is -0.312. The van der Waals surface area contributed by atoms with Gasteiger partial charge >= 0.3 is 18.5 Å². The van der Waals surface area contributed by atoms with Crippen LogP contribution in [0.1, 0.15) is 75.7 Å². The van der Waals surface area contributed by atoms with Crippen LogP contribution in [0.3, 0.4) is 0 Å². The number of rotatable bonds is 19. The molecule has 0 heterocycles. The molecule has 0 N–H and O–H groups in total. The van der Waals surface area contributed by atoms with Gasteiger partial charge in [-0.3, -0.25) is 14.7 Å². The van der Waals surface area contributed by atoms with Crippen LogP contribution in [0.2, 0.25) is 0 Å². The summed E-state index contributed by atoms with van der Waals surface area (Å²) in [6, 6.07) is 0. The Hall–Kier alpha value is -2.43. The average molecular weight is 615 g/mol. The molecule has 0 aromatic heterocycles. The molecule has 0 aliphatic heterocycles. The Balaban J connectivity index is 4.70. The van der Waals surface area contributed by atoms with Crippen molar-refractivity contribution < 1.29 is 72.1 Å². The van der Waals surface area contributed by atoms with E-state index in [1.807, 2.05) is 6.92 Å². The highest BCUT2D eigenvalue weighted by atomic mass is 17.2. The van der Waals surface area contributed by atoms with Crippen molar-refractivity contribution in [1.29, 1.82) is 0 Å². The number of carbonyl (C=O) groups is 3. The van der Waals surface area contributed by atoms with Gasteiger partial charge in [-0.1, -0.05) is 6.92 Å². The molecule has 15 nitrogen and oxygen atoms in total. The topological polar surface area (TPSA) is 162 Å². The summed E-state index contributed by atoms with van der Waals surface area (Å²) < 4.78 is 32.0. The predicted octanol–water partition coefficient (Wildman–Crippen LogP) is 5.08. The van der Waals surface area contributed by atoms with Crippen LogP contribution in [0, 0.1) is 5.41 Å². The number of ether oxygens (including phenoxy) is 6. The summed E-state index contributed by atoms with van der Waals surface area (Å²) in [6.45, 7) is 17.9. The van der Waals surface area contributed by atoms with Gasteiger partial charge in [0.2, 0.25) is 0 Å². The Kier molecular flexibility index (Phi) is 18.6. The number of carbonyl (C=O) groups excluding carboxylic acids is 3. The second kappa shape index (κ2) is 19.7. The van der Waals surface area contributed by atoms with Crippen molar-refractivity contribution in [3.05, 3.63) is 0 Å². The molecule has 0 unspecified atom stereocenters. The maximum atomic E-state index is 11.6. The summed E-state index contributed by atoms with van der Waals surface area (Å²) in [7, 11) is 0. The molecule has 0 spiro atoms. The molecule has 0 radical (unpaired) electrons. The van der Waals surface area contributed by atoms with Crippen molar-refractivity contribution in [3.63, 3.8) is 0 Å². The second-order valence-corrected chi connectivity index (χ2v) is 12.1. The van der Waals surface area contributed by atoms with Gasteiger partial charge < -0.3 is 28.4 Å². The summed E-state index contributed by atoms with van der Waals surface area (Å²) >= 11 is 0. The lowest BCUT2D eigenvalue weighted by Gasteiger charge is -2.32. The second-order valence-electron chi connectivity index (χ2n) is 12.1. The minimum atomic E-state index is -0.986. The van der Waals surface area contributed by atoms with Crippen molar-refractivity contribution in [2.24, 2.45) is 5.41 Å². The molecule has 0 aromatic rings. The highest BCUT2D eigenvalue weighted by molar-refractivity contribution is 5.59. The first-order valence-corrected chi connectivity index (χ1v) is 13.7. The van der Waals surface area contributed by atoms with E-state index >= 15 is 0 Å². The Morgan fingerprint density at radius 3 is 0.929 bits per heavy atom. The first-order valence-electron chi connectivity index (χ1n) is 13.7. The molecular formula is C27H50O15. The minimum Gasteiger partial charge on any atom is -0.430 e. The van der Waals surface area contributed by atoms with E-state index in [0.29, 0.717) is 6.42 Å². The summed E-state index contributed by atoms with van der Waals surface area (Å²) in [5.74, 6) is 0. The average Bonchev–Trinajstić information content (AvgIpc) is 2.87. The Morgan fingerprint density at radius 2 is 0.714 bits per heavy atom. The fraction of sp³-hybridized carbons (Fsp3) is 0.889. The standard InChI is InChI=1S/C27H50O15/c1-11-27(18-31-12-15-34-21(28)37-40-24(2,3)4,19-32-13-16-35-22(29)38-41-25(5,6)7)20-33-14-17-36-23(30)39-42-26(8,9)10/h11-20H2,1-10H3. The van der Waals surface area contributed by atoms with Gasteiger partial charge in [-0.25, -0.2) is 14.4 Å². The van der Waals surface area contributed by atoms with Crippen LogP contribution in [0.15, 0.2) is 0 Å². The lowest BCUT2D eigenvalue weighted by atomic mass is 9.88. The maximum Gasteiger partial charge on any atom is 0.540 e. The van der Waals surface area contributed by atoms with Crippen LogP contribution in [0.5, 0.6) is 0 Å². The summed E-state index contributed by atoms with van der Waals surface area (Å²) in [6.07, 6.45) is -2.39. The third-order valence-corrected chi connectivity index (χ3v) is 4.40. The first-order chi connectivity index (χ1) is 19.4. The molecule has 0 atom stereocenters. The molecule has 42 heavy (non-hydrogen) atoms. The normalized spacial score (nSPS) is 12.4. The smallest absolute Gasteiger partial charge is 0.430 e. The highest BCUT2D eigenvalue weighted by Crippen LogP contribution is 2.24. The Bertz CT molecular complexity index is 667. The van der Waals surface area contributed by atoms with Crippen molar-refractivity contribution >= 4 is 18.5 Å². The van der Waals surface area contributed by atoms with Gasteiger partial charge in [-0.05, 0) is 68.7 Å². The molecule has 0 rings (SSSR count). The zero-order valence-corrected chi connectivity index (χ0v) is 26.7. The van der Waals surface area contributed by atoms with Crippen LogP contribution < -0.4 is 0 Å². The fourth-order valence-electron chi connectivity index (χ4n) is 2.40. The van der Waals surface area contributed by atoms with E-state index in [9.17, 15) is 14.4 Å².